The molecule has 0 radical (unpaired) electrons. The van der Waals surface area contributed by atoms with E-state index in [1.165, 1.54) is 22.9 Å². The summed E-state index contributed by atoms with van der Waals surface area (Å²) in [6, 6.07) is 1.22. The number of ether oxygens (including phenoxy) is 2. The lowest BCUT2D eigenvalue weighted by Gasteiger charge is -2.25. The standard InChI is InChI=1S/C15H23N2O7P/c1-4-10-13(23-9(2)3)11(6-8-25(20,21)22)24-14(10)17-7-5-12(18)16-15(17)19/h5-11,13-14H,4H2,1-3H3,(H,16,18,19)(H2,20,21,22)/b8-6+/t10?,11-,13-,14-/m1/s1. The van der Waals surface area contributed by atoms with E-state index in [0.29, 0.717) is 6.42 Å². The van der Waals surface area contributed by atoms with Gasteiger partial charge in [0.05, 0.1) is 12.2 Å². The van der Waals surface area contributed by atoms with Crippen molar-refractivity contribution in [3.63, 3.8) is 0 Å². The van der Waals surface area contributed by atoms with Gasteiger partial charge in [0.2, 0.25) is 0 Å². The third kappa shape index (κ3) is 4.99. The van der Waals surface area contributed by atoms with Crippen molar-refractivity contribution < 1.29 is 23.8 Å². The predicted octanol–water partition coefficient (Wildman–Crippen LogP) is 0.945. The third-order valence-corrected chi connectivity index (χ3v) is 4.47. The largest absolute Gasteiger partial charge is 0.372 e. The molecule has 2 rings (SSSR count). The highest BCUT2D eigenvalue weighted by Gasteiger charge is 2.45. The van der Waals surface area contributed by atoms with Crippen molar-refractivity contribution in [1.29, 1.82) is 0 Å². The van der Waals surface area contributed by atoms with Crippen molar-refractivity contribution in [2.45, 2.75) is 51.7 Å². The Balaban J connectivity index is 2.41. The Morgan fingerprint density at radius 3 is 2.64 bits per heavy atom. The molecule has 0 spiro atoms. The van der Waals surface area contributed by atoms with Crippen LogP contribution in [0, 0.1) is 5.92 Å². The minimum absolute atomic E-state index is 0.139. The summed E-state index contributed by atoms with van der Waals surface area (Å²) in [5, 5.41) is 0. The van der Waals surface area contributed by atoms with Crippen molar-refractivity contribution in [1.82, 2.24) is 9.55 Å². The van der Waals surface area contributed by atoms with E-state index in [1.807, 2.05) is 20.8 Å². The quantitative estimate of drug-likeness (QED) is 0.632. The molecule has 9 nitrogen and oxygen atoms in total. The summed E-state index contributed by atoms with van der Waals surface area (Å²) >= 11 is 0. The maximum atomic E-state index is 12.1. The minimum atomic E-state index is -4.35. The fourth-order valence-corrected chi connectivity index (χ4v) is 3.32. The van der Waals surface area contributed by atoms with E-state index < -0.39 is 37.3 Å². The Labute approximate surface area is 144 Å². The molecule has 1 fully saturated rings. The molecule has 0 aliphatic carbocycles. The van der Waals surface area contributed by atoms with Crippen LogP contribution in [0.5, 0.6) is 0 Å². The molecule has 1 unspecified atom stereocenters. The van der Waals surface area contributed by atoms with Crippen molar-refractivity contribution in [3.05, 3.63) is 45.0 Å². The van der Waals surface area contributed by atoms with Crippen LogP contribution in [-0.4, -0.2) is 37.6 Å². The smallest absolute Gasteiger partial charge is 0.348 e. The summed E-state index contributed by atoms with van der Waals surface area (Å²) in [7, 11) is -4.35. The highest BCUT2D eigenvalue weighted by molar-refractivity contribution is 7.55. The van der Waals surface area contributed by atoms with Crippen LogP contribution in [0.1, 0.15) is 33.4 Å². The number of hydrogen-bond acceptors (Lipinski definition) is 5. The van der Waals surface area contributed by atoms with Crippen molar-refractivity contribution in [2.75, 3.05) is 0 Å². The van der Waals surface area contributed by atoms with Crippen LogP contribution in [0.4, 0.5) is 0 Å². The SMILES string of the molecule is CCC1[C@@H](OC(C)C)[C@@H](/C=C/P(=O)(O)O)O[C@H]1n1ccc(=O)[nH]c1=O. The Morgan fingerprint density at radius 2 is 2.12 bits per heavy atom. The van der Waals surface area contributed by atoms with E-state index in [1.54, 1.807) is 0 Å². The summed E-state index contributed by atoms with van der Waals surface area (Å²) in [4.78, 5) is 43.6. The number of rotatable bonds is 6. The number of aromatic amines is 1. The van der Waals surface area contributed by atoms with Crippen molar-refractivity contribution in [2.24, 2.45) is 5.92 Å². The van der Waals surface area contributed by atoms with Gasteiger partial charge >= 0.3 is 13.3 Å². The molecular formula is C15H23N2O7P. The molecule has 1 aromatic rings. The van der Waals surface area contributed by atoms with Gasteiger partial charge in [-0.25, -0.2) is 4.79 Å². The predicted molar refractivity (Wildman–Crippen MR) is 90.2 cm³/mol. The monoisotopic (exact) mass is 374 g/mol. The zero-order valence-corrected chi connectivity index (χ0v) is 15.1. The molecule has 0 aromatic carbocycles. The van der Waals surface area contributed by atoms with E-state index in [9.17, 15) is 14.2 Å². The van der Waals surface area contributed by atoms with Gasteiger partial charge in [-0.15, -0.1) is 0 Å². The molecule has 140 valence electrons. The molecule has 10 heteroatoms. The molecular weight excluding hydrogens is 351 g/mol. The Kier molecular flexibility index (Phi) is 6.18. The molecule has 1 aromatic heterocycles. The molecule has 4 atom stereocenters. The van der Waals surface area contributed by atoms with E-state index in [0.717, 1.165) is 5.82 Å². The molecule has 0 amide bonds. The lowest BCUT2D eigenvalue weighted by molar-refractivity contribution is -0.0374. The Bertz CT molecular complexity index is 779. The van der Waals surface area contributed by atoms with Crippen LogP contribution in [0.2, 0.25) is 0 Å². The van der Waals surface area contributed by atoms with Gasteiger partial charge in [-0.3, -0.25) is 18.9 Å². The van der Waals surface area contributed by atoms with Gasteiger partial charge in [0.25, 0.3) is 5.56 Å². The number of aromatic nitrogens is 2. The highest BCUT2D eigenvalue weighted by atomic mass is 31.2. The molecule has 1 aliphatic heterocycles. The zero-order chi connectivity index (χ0) is 18.8. The van der Waals surface area contributed by atoms with Crippen LogP contribution in [-0.2, 0) is 14.0 Å². The lowest BCUT2D eigenvalue weighted by atomic mass is 9.96. The maximum absolute atomic E-state index is 12.1. The van der Waals surface area contributed by atoms with Gasteiger partial charge in [0, 0.05) is 24.0 Å². The molecule has 1 aliphatic rings. The van der Waals surface area contributed by atoms with Crippen molar-refractivity contribution >= 4 is 7.60 Å². The van der Waals surface area contributed by atoms with E-state index >= 15 is 0 Å². The fraction of sp³-hybridized carbons (Fsp3) is 0.600. The van der Waals surface area contributed by atoms with Gasteiger partial charge in [-0.05, 0) is 26.3 Å². The normalized spacial score (nSPS) is 27.4. The van der Waals surface area contributed by atoms with Crippen LogP contribution in [0.3, 0.4) is 0 Å². The number of H-pyrrole nitrogens is 1. The summed E-state index contributed by atoms with van der Waals surface area (Å²) < 4.78 is 24.1. The van der Waals surface area contributed by atoms with E-state index in [2.05, 4.69) is 4.98 Å². The first-order chi connectivity index (χ1) is 11.6. The van der Waals surface area contributed by atoms with Gasteiger partial charge in [-0.2, -0.15) is 0 Å². The maximum Gasteiger partial charge on any atom is 0.348 e. The first-order valence-electron chi connectivity index (χ1n) is 7.99. The van der Waals surface area contributed by atoms with Gasteiger partial charge in [0.1, 0.15) is 12.3 Å². The molecule has 2 heterocycles. The van der Waals surface area contributed by atoms with Gasteiger partial charge in [0.15, 0.2) is 0 Å². The second-order valence-electron chi connectivity index (χ2n) is 6.16. The van der Waals surface area contributed by atoms with Crippen LogP contribution >= 0.6 is 7.60 Å². The molecule has 0 saturated carbocycles. The lowest BCUT2D eigenvalue weighted by Crippen LogP contribution is -2.35. The average Bonchev–Trinajstić information content (AvgIpc) is 2.81. The van der Waals surface area contributed by atoms with Crippen LogP contribution in [0.25, 0.3) is 0 Å². The van der Waals surface area contributed by atoms with Gasteiger partial charge < -0.3 is 19.3 Å². The fourth-order valence-electron chi connectivity index (χ4n) is 2.92. The van der Waals surface area contributed by atoms with E-state index in [4.69, 9.17) is 19.3 Å². The number of hydrogen-bond donors (Lipinski definition) is 3. The van der Waals surface area contributed by atoms with Crippen molar-refractivity contribution in [3.8, 4) is 0 Å². The van der Waals surface area contributed by atoms with Crippen LogP contribution < -0.4 is 11.2 Å². The number of nitrogens with zero attached hydrogens (tertiary/aromatic N) is 1. The second-order valence-corrected chi connectivity index (χ2v) is 7.64. The molecule has 0 bridgehead atoms. The second kappa shape index (κ2) is 7.80. The Hall–Kier alpha value is -1.51. The van der Waals surface area contributed by atoms with Crippen LogP contribution in [0.15, 0.2) is 33.7 Å². The number of nitrogens with one attached hydrogen (secondary N) is 1. The summed E-state index contributed by atoms with van der Waals surface area (Å²) in [5.41, 5.74) is -1.13. The topological polar surface area (TPSA) is 131 Å². The Morgan fingerprint density at radius 1 is 1.44 bits per heavy atom. The van der Waals surface area contributed by atoms with E-state index in [-0.39, 0.29) is 12.0 Å². The highest BCUT2D eigenvalue weighted by Crippen LogP contribution is 2.42. The summed E-state index contributed by atoms with van der Waals surface area (Å²) in [5.74, 6) is 0.538. The third-order valence-electron chi connectivity index (χ3n) is 3.90. The molecule has 3 N–H and O–H groups in total. The summed E-state index contributed by atoms with van der Waals surface area (Å²) in [6.07, 6.45) is 1.14. The first-order valence-corrected chi connectivity index (χ1v) is 9.67. The zero-order valence-electron chi connectivity index (χ0n) is 14.2. The minimum Gasteiger partial charge on any atom is -0.372 e. The first kappa shape index (κ1) is 19.8. The van der Waals surface area contributed by atoms with Gasteiger partial charge in [-0.1, -0.05) is 6.92 Å². The molecule has 1 saturated heterocycles. The summed E-state index contributed by atoms with van der Waals surface area (Å²) in [6.45, 7) is 5.59. The molecule has 25 heavy (non-hydrogen) atoms. The average molecular weight is 374 g/mol.